The predicted octanol–water partition coefficient (Wildman–Crippen LogP) is 10.7. The first-order valence-corrected chi connectivity index (χ1v) is 19.3. The second kappa shape index (κ2) is 11.7. The second-order valence-corrected chi connectivity index (χ2v) is 18.9. The average molecular weight is 656 g/mol. The number of hydrogen-bond donors (Lipinski definition) is 1. The van der Waals surface area contributed by atoms with Gasteiger partial charge in [0.1, 0.15) is 13.3 Å². The SMILES string of the molecule is C=C(C)[C@@H]1CC[C@]2(N)CC[C@]3(C)[C@H](CCC4[C@@]5(C)CC=C(C6=CC[C@@](CF)(C(=O)OCc7ccccc7)CC6)C(C)(C)C5CC[C@]43C)C12. The molecule has 0 bridgehead atoms. The molecule has 0 aliphatic heterocycles. The van der Waals surface area contributed by atoms with Crippen molar-refractivity contribution >= 4 is 5.97 Å². The van der Waals surface area contributed by atoms with E-state index < -0.39 is 18.1 Å². The molecule has 3 nitrogen and oxygen atoms in total. The lowest BCUT2D eigenvalue weighted by molar-refractivity contribution is -0.219. The van der Waals surface area contributed by atoms with Gasteiger partial charge in [-0.1, -0.05) is 89.3 Å². The van der Waals surface area contributed by atoms with Gasteiger partial charge in [-0.05, 0) is 152 Å². The van der Waals surface area contributed by atoms with Crippen molar-refractivity contribution in [1.82, 2.24) is 0 Å². The van der Waals surface area contributed by atoms with Crippen molar-refractivity contribution in [2.45, 2.75) is 131 Å². The summed E-state index contributed by atoms with van der Waals surface area (Å²) in [7, 11) is 0. The molecule has 0 aromatic heterocycles. The molecule has 48 heavy (non-hydrogen) atoms. The van der Waals surface area contributed by atoms with Crippen LogP contribution < -0.4 is 5.73 Å². The highest BCUT2D eigenvalue weighted by atomic mass is 19.1. The van der Waals surface area contributed by atoms with Crippen LogP contribution in [0.4, 0.5) is 4.39 Å². The minimum Gasteiger partial charge on any atom is -0.460 e. The monoisotopic (exact) mass is 655 g/mol. The molecule has 0 saturated heterocycles. The number of benzene rings is 1. The molecule has 0 heterocycles. The Morgan fingerprint density at radius 2 is 1.65 bits per heavy atom. The fraction of sp³-hybridized carbons (Fsp3) is 0.705. The molecule has 1 aromatic rings. The van der Waals surface area contributed by atoms with Gasteiger partial charge in [-0.2, -0.15) is 0 Å². The molecular formula is C44H62FNO2. The van der Waals surface area contributed by atoms with Crippen LogP contribution in [0.15, 0.2) is 65.8 Å². The highest BCUT2D eigenvalue weighted by molar-refractivity contribution is 5.78. The summed E-state index contributed by atoms with van der Waals surface area (Å²) < 4.78 is 20.3. The molecule has 0 amide bonds. The summed E-state index contributed by atoms with van der Waals surface area (Å²) in [5, 5.41) is 0. The first-order valence-electron chi connectivity index (χ1n) is 19.3. The van der Waals surface area contributed by atoms with E-state index in [1.54, 1.807) is 0 Å². The molecule has 0 radical (unpaired) electrons. The Hall–Kier alpha value is -2.20. The average Bonchev–Trinajstić information content (AvgIpc) is 3.42. The zero-order chi connectivity index (χ0) is 34.3. The lowest BCUT2D eigenvalue weighted by atomic mass is 9.33. The first-order chi connectivity index (χ1) is 22.7. The van der Waals surface area contributed by atoms with Crippen molar-refractivity contribution in [3.05, 3.63) is 71.3 Å². The van der Waals surface area contributed by atoms with E-state index in [1.807, 2.05) is 30.3 Å². The van der Waals surface area contributed by atoms with Crippen LogP contribution in [-0.4, -0.2) is 18.2 Å². The summed E-state index contributed by atoms with van der Waals surface area (Å²) in [4.78, 5) is 13.3. The van der Waals surface area contributed by atoms with Gasteiger partial charge < -0.3 is 10.5 Å². The van der Waals surface area contributed by atoms with E-state index in [4.69, 9.17) is 10.5 Å². The van der Waals surface area contributed by atoms with Gasteiger partial charge in [0.25, 0.3) is 0 Å². The van der Waals surface area contributed by atoms with Gasteiger partial charge in [0, 0.05) is 5.54 Å². The van der Waals surface area contributed by atoms with E-state index in [1.165, 1.54) is 68.1 Å². The maximum Gasteiger partial charge on any atom is 0.315 e. The summed E-state index contributed by atoms with van der Waals surface area (Å²) in [6.07, 6.45) is 17.5. The number of ether oxygens (including phenoxy) is 1. The highest BCUT2D eigenvalue weighted by Crippen LogP contribution is 2.76. The lowest BCUT2D eigenvalue weighted by Gasteiger charge is -2.72. The third kappa shape index (κ3) is 4.84. The quantitative estimate of drug-likeness (QED) is 0.245. The maximum atomic E-state index is 14.6. The third-order valence-electron chi connectivity index (χ3n) is 16.6. The highest BCUT2D eigenvalue weighted by Gasteiger charge is 2.70. The molecule has 0 spiro atoms. The Bertz CT molecular complexity index is 1510. The number of rotatable bonds is 6. The normalized spacial score (nSPS) is 44.6. The number of hydrogen-bond acceptors (Lipinski definition) is 3. The molecule has 7 rings (SSSR count). The van der Waals surface area contributed by atoms with Crippen LogP contribution >= 0.6 is 0 Å². The van der Waals surface area contributed by atoms with Crippen molar-refractivity contribution in [3.63, 3.8) is 0 Å². The number of allylic oxidation sites excluding steroid dienone is 5. The van der Waals surface area contributed by atoms with Gasteiger partial charge in [-0.15, -0.1) is 0 Å². The van der Waals surface area contributed by atoms with Gasteiger partial charge >= 0.3 is 5.97 Å². The molecular weight excluding hydrogens is 593 g/mol. The van der Waals surface area contributed by atoms with E-state index >= 15 is 0 Å². The minimum atomic E-state index is -1.07. The Balaban J connectivity index is 1.12. The Labute approximate surface area is 290 Å². The molecule has 10 atom stereocenters. The molecule has 4 fully saturated rings. The number of fused-ring (bicyclic) bond motifs is 7. The molecule has 262 valence electrons. The molecule has 4 saturated carbocycles. The van der Waals surface area contributed by atoms with E-state index in [0.29, 0.717) is 53.3 Å². The largest absolute Gasteiger partial charge is 0.460 e. The zero-order valence-electron chi connectivity index (χ0n) is 30.8. The van der Waals surface area contributed by atoms with Crippen LogP contribution in [0.25, 0.3) is 0 Å². The van der Waals surface area contributed by atoms with Crippen LogP contribution in [0, 0.1) is 56.7 Å². The zero-order valence-corrected chi connectivity index (χ0v) is 30.8. The van der Waals surface area contributed by atoms with Crippen molar-refractivity contribution in [3.8, 4) is 0 Å². The smallest absolute Gasteiger partial charge is 0.315 e. The summed E-state index contributed by atoms with van der Waals surface area (Å²) in [6, 6.07) is 9.68. The number of carbonyl (C=O) groups excluding carboxylic acids is 1. The van der Waals surface area contributed by atoms with Crippen LogP contribution in [0.1, 0.15) is 124 Å². The first kappa shape index (κ1) is 34.3. The number of halogens is 1. The number of nitrogens with two attached hydrogens (primary N) is 1. The molecule has 4 heteroatoms. The molecule has 3 unspecified atom stereocenters. The van der Waals surface area contributed by atoms with E-state index in [-0.39, 0.29) is 23.0 Å². The Morgan fingerprint density at radius 1 is 0.896 bits per heavy atom. The summed E-state index contributed by atoms with van der Waals surface area (Å²) in [5.41, 5.74) is 12.2. The number of carbonyl (C=O) groups is 1. The van der Waals surface area contributed by atoms with Crippen LogP contribution in [-0.2, 0) is 16.1 Å². The minimum absolute atomic E-state index is 0.00531. The number of alkyl halides is 1. The van der Waals surface area contributed by atoms with Gasteiger partial charge in [0.15, 0.2) is 0 Å². The Kier molecular flexibility index (Phi) is 8.33. The third-order valence-corrected chi connectivity index (χ3v) is 16.6. The van der Waals surface area contributed by atoms with E-state index in [9.17, 15) is 9.18 Å². The molecule has 6 aliphatic carbocycles. The van der Waals surface area contributed by atoms with Gasteiger partial charge in [-0.3, -0.25) is 4.79 Å². The van der Waals surface area contributed by atoms with Gasteiger partial charge in [0.05, 0.1) is 5.41 Å². The van der Waals surface area contributed by atoms with Crippen LogP contribution in [0.5, 0.6) is 0 Å². The summed E-state index contributed by atoms with van der Waals surface area (Å²) in [6.45, 7) is 19.3. The second-order valence-electron chi connectivity index (χ2n) is 18.9. The standard InChI is InChI=1S/C44H62FNO2/c1-29(2)32-17-24-44(46)26-25-41(6)34(37(32)44)13-14-36-40(5)20-18-33(39(3,4)35(40)19-21-42(36,41)7)31-15-22-43(28-45,23-16-31)38(47)48-27-30-11-9-8-10-12-30/h8-12,15,18,32,34-37H,1,13-14,16-17,19-28,46H2,2-7H3/t32-,34+,35?,36?,37?,40-,41+,42+,43+,44-/m0/s1. The van der Waals surface area contributed by atoms with Crippen molar-refractivity contribution in [2.75, 3.05) is 6.67 Å². The van der Waals surface area contributed by atoms with E-state index in [2.05, 4.69) is 60.3 Å². The van der Waals surface area contributed by atoms with Gasteiger partial charge in [-0.25, -0.2) is 4.39 Å². The number of esters is 1. The van der Waals surface area contributed by atoms with Gasteiger partial charge in [0.2, 0.25) is 0 Å². The summed E-state index contributed by atoms with van der Waals surface area (Å²) in [5.74, 6) is 2.74. The molecule has 2 N–H and O–H groups in total. The lowest BCUT2D eigenvalue weighted by Crippen LogP contribution is -2.67. The van der Waals surface area contributed by atoms with Crippen LogP contribution in [0.2, 0.25) is 0 Å². The van der Waals surface area contributed by atoms with Crippen molar-refractivity contribution in [2.24, 2.45) is 62.4 Å². The summed E-state index contributed by atoms with van der Waals surface area (Å²) >= 11 is 0. The maximum absolute atomic E-state index is 14.6. The van der Waals surface area contributed by atoms with Crippen LogP contribution in [0.3, 0.4) is 0 Å². The Morgan fingerprint density at radius 3 is 2.31 bits per heavy atom. The fourth-order valence-corrected chi connectivity index (χ4v) is 13.7. The topological polar surface area (TPSA) is 52.3 Å². The van der Waals surface area contributed by atoms with Crippen molar-refractivity contribution < 1.29 is 13.9 Å². The molecule has 1 aromatic carbocycles. The van der Waals surface area contributed by atoms with Crippen molar-refractivity contribution in [1.29, 1.82) is 0 Å². The fourth-order valence-electron chi connectivity index (χ4n) is 13.7. The molecule has 6 aliphatic rings. The predicted molar refractivity (Wildman–Crippen MR) is 194 cm³/mol. The van der Waals surface area contributed by atoms with E-state index in [0.717, 1.165) is 18.4 Å².